The summed E-state index contributed by atoms with van der Waals surface area (Å²) in [6, 6.07) is 5.34. The standard InChI is InChI=1S/C10H9N5S/c11-7-16-9-3-4-10(12)8(6-9)2-1-5-14-15-13/h1-4,6H,5,12H2. The Morgan fingerprint density at radius 2 is 2.44 bits per heavy atom. The van der Waals surface area contributed by atoms with Crippen LogP contribution in [-0.2, 0) is 0 Å². The van der Waals surface area contributed by atoms with E-state index in [0.29, 0.717) is 5.69 Å². The van der Waals surface area contributed by atoms with E-state index in [1.165, 1.54) is 0 Å². The first-order valence-electron chi connectivity index (χ1n) is 4.41. The van der Waals surface area contributed by atoms with E-state index in [9.17, 15) is 0 Å². The number of hydrogen-bond acceptors (Lipinski definition) is 4. The zero-order valence-corrected chi connectivity index (χ0v) is 9.18. The van der Waals surface area contributed by atoms with Gasteiger partial charge in [0.1, 0.15) is 5.40 Å². The van der Waals surface area contributed by atoms with Crippen LogP contribution in [-0.4, -0.2) is 6.54 Å². The van der Waals surface area contributed by atoms with Gasteiger partial charge in [0.15, 0.2) is 0 Å². The minimum atomic E-state index is 0.283. The minimum absolute atomic E-state index is 0.283. The number of thiocyanates is 1. The zero-order valence-electron chi connectivity index (χ0n) is 8.37. The van der Waals surface area contributed by atoms with Gasteiger partial charge in [-0.25, -0.2) is 0 Å². The number of thioether (sulfide) groups is 1. The molecule has 16 heavy (non-hydrogen) atoms. The van der Waals surface area contributed by atoms with Crippen molar-refractivity contribution in [2.24, 2.45) is 5.11 Å². The molecule has 0 aromatic heterocycles. The van der Waals surface area contributed by atoms with Gasteiger partial charge < -0.3 is 5.73 Å². The van der Waals surface area contributed by atoms with Crippen molar-refractivity contribution in [1.29, 1.82) is 5.26 Å². The molecular weight excluding hydrogens is 222 g/mol. The van der Waals surface area contributed by atoms with Crippen LogP contribution in [0.3, 0.4) is 0 Å². The SMILES string of the molecule is N#CSc1ccc(N)c(C=CCN=[N+]=[N-])c1. The summed E-state index contributed by atoms with van der Waals surface area (Å²) in [6.45, 7) is 0.283. The third kappa shape index (κ3) is 3.58. The average molecular weight is 231 g/mol. The number of nitrogen functional groups attached to an aromatic ring is 1. The molecular formula is C10H9N5S. The molecule has 5 nitrogen and oxygen atoms in total. The van der Waals surface area contributed by atoms with Crippen LogP contribution in [0.15, 0.2) is 34.3 Å². The predicted octanol–water partition coefficient (Wildman–Crippen LogP) is 3.17. The van der Waals surface area contributed by atoms with Crippen molar-refractivity contribution in [3.8, 4) is 5.40 Å². The number of nitrogens with two attached hydrogens (primary N) is 1. The van der Waals surface area contributed by atoms with Crippen molar-refractivity contribution in [1.82, 2.24) is 0 Å². The molecule has 1 aromatic rings. The number of benzene rings is 1. The van der Waals surface area contributed by atoms with Gasteiger partial charge in [0.2, 0.25) is 0 Å². The van der Waals surface area contributed by atoms with Crippen LogP contribution < -0.4 is 5.73 Å². The Kier molecular flexibility index (Phi) is 4.80. The largest absolute Gasteiger partial charge is 0.398 e. The van der Waals surface area contributed by atoms with Crippen molar-refractivity contribution in [2.75, 3.05) is 12.3 Å². The Labute approximate surface area is 97.2 Å². The van der Waals surface area contributed by atoms with E-state index in [-0.39, 0.29) is 6.54 Å². The zero-order chi connectivity index (χ0) is 11.8. The molecule has 0 spiro atoms. The molecule has 80 valence electrons. The topological polar surface area (TPSA) is 98.6 Å². The summed E-state index contributed by atoms with van der Waals surface area (Å²) in [7, 11) is 0. The summed E-state index contributed by atoms with van der Waals surface area (Å²) in [5.74, 6) is 0. The van der Waals surface area contributed by atoms with E-state index in [1.807, 2.05) is 11.5 Å². The molecule has 0 atom stereocenters. The Bertz CT molecular complexity index is 482. The Morgan fingerprint density at radius 1 is 1.62 bits per heavy atom. The lowest BCUT2D eigenvalue weighted by Crippen LogP contribution is -1.89. The number of anilines is 1. The first kappa shape index (κ1) is 12.0. The molecule has 1 aromatic carbocycles. The summed E-state index contributed by atoms with van der Waals surface area (Å²) < 4.78 is 0. The number of nitriles is 1. The van der Waals surface area contributed by atoms with Crippen LogP contribution >= 0.6 is 11.8 Å². The smallest absolute Gasteiger partial charge is 0.138 e. The molecule has 0 amide bonds. The van der Waals surface area contributed by atoms with Gasteiger partial charge in [-0.1, -0.05) is 17.3 Å². The molecule has 0 saturated heterocycles. The molecule has 0 aliphatic carbocycles. The molecule has 0 radical (unpaired) electrons. The Hall–Kier alpha value is -2.09. The fourth-order valence-electron chi connectivity index (χ4n) is 1.08. The summed E-state index contributed by atoms with van der Waals surface area (Å²) in [5, 5.41) is 13.9. The lowest BCUT2D eigenvalue weighted by molar-refractivity contribution is 1.22. The minimum Gasteiger partial charge on any atom is -0.398 e. The molecule has 0 fully saturated rings. The first-order chi connectivity index (χ1) is 7.77. The highest BCUT2D eigenvalue weighted by molar-refractivity contribution is 8.03. The number of azide groups is 1. The first-order valence-corrected chi connectivity index (χ1v) is 5.22. The number of nitrogens with zero attached hydrogens (tertiary/aromatic N) is 4. The van der Waals surface area contributed by atoms with Crippen LogP contribution in [0, 0.1) is 10.7 Å². The second kappa shape index (κ2) is 6.40. The maximum atomic E-state index is 8.53. The monoisotopic (exact) mass is 231 g/mol. The van der Waals surface area contributed by atoms with Gasteiger partial charge in [-0.05, 0) is 41.1 Å². The van der Waals surface area contributed by atoms with Gasteiger partial charge in [-0.2, -0.15) is 5.26 Å². The fourth-order valence-corrected chi connectivity index (χ4v) is 1.50. The summed E-state index contributed by atoms with van der Waals surface area (Å²) in [6.07, 6.45) is 3.48. The molecule has 0 bridgehead atoms. The second-order valence-corrected chi connectivity index (χ2v) is 3.66. The van der Waals surface area contributed by atoms with Crippen LogP contribution in [0.4, 0.5) is 5.69 Å². The average Bonchev–Trinajstić information content (AvgIpc) is 2.29. The molecule has 6 heteroatoms. The highest BCUT2D eigenvalue weighted by Gasteiger charge is 1.98. The lowest BCUT2D eigenvalue weighted by Gasteiger charge is -2.01. The number of hydrogen-bond donors (Lipinski definition) is 1. The van der Waals surface area contributed by atoms with Gasteiger partial charge in [0, 0.05) is 22.0 Å². The van der Waals surface area contributed by atoms with E-state index in [0.717, 1.165) is 22.2 Å². The van der Waals surface area contributed by atoms with Crippen molar-refractivity contribution < 1.29 is 0 Å². The van der Waals surface area contributed by atoms with Crippen molar-refractivity contribution in [2.45, 2.75) is 4.90 Å². The van der Waals surface area contributed by atoms with Crippen molar-refractivity contribution in [3.05, 3.63) is 40.3 Å². The van der Waals surface area contributed by atoms with E-state index in [4.69, 9.17) is 16.5 Å². The quantitative estimate of drug-likeness (QED) is 0.215. The summed E-state index contributed by atoms with van der Waals surface area (Å²) >= 11 is 1.08. The summed E-state index contributed by atoms with van der Waals surface area (Å²) in [4.78, 5) is 3.47. The predicted molar refractivity (Wildman–Crippen MR) is 65.4 cm³/mol. The van der Waals surface area contributed by atoms with Gasteiger partial charge in [0.25, 0.3) is 0 Å². The summed E-state index contributed by atoms with van der Waals surface area (Å²) in [5.41, 5.74) is 15.3. The van der Waals surface area contributed by atoms with Gasteiger partial charge >= 0.3 is 0 Å². The van der Waals surface area contributed by atoms with Crippen molar-refractivity contribution in [3.63, 3.8) is 0 Å². The molecule has 0 saturated carbocycles. The third-order valence-corrected chi connectivity index (χ3v) is 2.35. The van der Waals surface area contributed by atoms with Crippen LogP contribution in [0.2, 0.25) is 0 Å². The molecule has 1 rings (SSSR count). The second-order valence-electron chi connectivity index (χ2n) is 2.80. The normalized spacial score (nSPS) is 9.69. The highest BCUT2D eigenvalue weighted by atomic mass is 32.2. The maximum Gasteiger partial charge on any atom is 0.138 e. The third-order valence-electron chi connectivity index (χ3n) is 1.77. The lowest BCUT2D eigenvalue weighted by atomic mass is 10.1. The van der Waals surface area contributed by atoms with E-state index < -0.39 is 0 Å². The van der Waals surface area contributed by atoms with Crippen molar-refractivity contribution >= 4 is 23.5 Å². The van der Waals surface area contributed by atoms with Crippen LogP contribution in [0.1, 0.15) is 5.56 Å². The molecule has 0 unspecified atom stereocenters. The Balaban J connectivity index is 2.85. The van der Waals surface area contributed by atoms with E-state index in [2.05, 4.69) is 10.0 Å². The fraction of sp³-hybridized carbons (Fsp3) is 0.100. The molecule has 2 N–H and O–H groups in total. The van der Waals surface area contributed by atoms with Crippen LogP contribution in [0.25, 0.3) is 16.5 Å². The van der Waals surface area contributed by atoms with Gasteiger partial charge in [-0.15, -0.1) is 0 Å². The molecule has 0 aliphatic rings. The van der Waals surface area contributed by atoms with E-state index >= 15 is 0 Å². The van der Waals surface area contributed by atoms with Gasteiger partial charge in [0.05, 0.1) is 0 Å². The highest BCUT2D eigenvalue weighted by Crippen LogP contribution is 2.22. The number of rotatable bonds is 4. The Morgan fingerprint density at radius 3 is 3.12 bits per heavy atom. The maximum absolute atomic E-state index is 8.53. The molecule has 0 aliphatic heterocycles. The molecule has 0 heterocycles. The van der Waals surface area contributed by atoms with Gasteiger partial charge in [-0.3, -0.25) is 0 Å². The van der Waals surface area contributed by atoms with Crippen LogP contribution in [0.5, 0.6) is 0 Å². The van der Waals surface area contributed by atoms with E-state index in [1.54, 1.807) is 24.3 Å².